The molecule has 112 valence electrons. The summed E-state index contributed by atoms with van der Waals surface area (Å²) in [7, 11) is 0. The lowest BCUT2D eigenvalue weighted by molar-refractivity contribution is 0.0491. The number of hydrogen-bond acceptors (Lipinski definition) is 4. The predicted octanol–water partition coefficient (Wildman–Crippen LogP) is 3.11. The van der Waals surface area contributed by atoms with Crippen molar-refractivity contribution in [3.05, 3.63) is 22.2 Å². The topological polar surface area (TPSA) is 53.7 Å². The van der Waals surface area contributed by atoms with Gasteiger partial charge in [0.2, 0.25) is 0 Å². The quantitative estimate of drug-likeness (QED) is 0.862. The highest BCUT2D eigenvalue weighted by atomic mass is 79.9. The van der Waals surface area contributed by atoms with Gasteiger partial charge >= 0.3 is 0 Å². The Bertz CT molecular complexity index is 433. The molecule has 1 saturated heterocycles. The van der Waals surface area contributed by atoms with Gasteiger partial charge in [-0.2, -0.15) is 0 Å². The van der Waals surface area contributed by atoms with E-state index in [0.29, 0.717) is 25.7 Å². The molecule has 1 aromatic rings. The Morgan fingerprint density at radius 3 is 2.70 bits per heavy atom. The van der Waals surface area contributed by atoms with Crippen molar-refractivity contribution >= 4 is 15.9 Å². The van der Waals surface area contributed by atoms with Crippen molar-refractivity contribution in [2.24, 2.45) is 11.7 Å². The second-order valence-corrected chi connectivity index (χ2v) is 5.76. The van der Waals surface area contributed by atoms with Crippen molar-refractivity contribution in [3.8, 4) is 11.5 Å². The molecule has 2 N–H and O–H groups in total. The van der Waals surface area contributed by atoms with Crippen LogP contribution in [0.5, 0.6) is 11.5 Å². The summed E-state index contributed by atoms with van der Waals surface area (Å²) >= 11 is 3.55. The molecule has 20 heavy (non-hydrogen) atoms. The highest BCUT2D eigenvalue weighted by Gasteiger charge is 2.17. The van der Waals surface area contributed by atoms with E-state index in [4.69, 9.17) is 19.9 Å². The minimum absolute atomic E-state index is 0.485. The third kappa shape index (κ3) is 4.11. The molecule has 5 heteroatoms. The number of rotatable bonds is 6. The highest BCUT2D eigenvalue weighted by molar-refractivity contribution is 9.10. The van der Waals surface area contributed by atoms with Gasteiger partial charge in [-0.15, -0.1) is 0 Å². The molecule has 4 nitrogen and oxygen atoms in total. The number of ether oxygens (including phenoxy) is 3. The number of halogens is 1. The molecule has 2 rings (SSSR count). The monoisotopic (exact) mass is 343 g/mol. The zero-order valence-corrected chi connectivity index (χ0v) is 13.4. The number of hydrogen-bond donors (Lipinski definition) is 1. The molecule has 1 fully saturated rings. The Labute approximate surface area is 128 Å². The van der Waals surface area contributed by atoms with Gasteiger partial charge in [0.05, 0.1) is 17.7 Å². The van der Waals surface area contributed by atoms with Crippen molar-refractivity contribution in [3.63, 3.8) is 0 Å². The van der Waals surface area contributed by atoms with E-state index in [0.717, 1.165) is 47.6 Å². The summed E-state index contributed by atoms with van der Waals surface area (Å²) in [6.45, 7) is 5.42. The largest absolute Gasteiger partial charge is 0.490 e. The van der Waals surface area contributed by atoms with Gasteiger partial charge in [0.1, 0.15) is 0 Å². The molecular formula is C15H22BrNO3. The summed E-state index contributed by atoms with van der Waals surface area (Å²) in [6, 6.07) is 3.94. The third-order valence-electron chi connectivity index (χ3n) is 3.41. The lowest BCUT2D eigenvalue weighted by atomic mass is 10.0. The van der Waals surface area contributed by atoms with E-state index in [1.165, 1.54) is 0 Å². The molecule has 0 saturated carbocycles. The van der Waals surface area contributed by atoms with Crippen LogP contribution in [0.1, 0.15) is 25.3 Å². The first kappa shape index (κ1) is 15.6. The minimum atomic E-state index is 0.485. The van der Waals surface area contributed by atoms with Gasteiger partial charge < -0.3 is 19.9 Å². The fourth-order valence-electron chi connectivity index (χ4n) is 2.26. The van der Waals surface area contributed by atoms with Crippen LogP contribution in [0.15, 0.2) is 16.6 Å². The highest BCUT2D eigenvalue weighted by Crippen LogP contribution is 2.37. The second kappa shape index (κ2) is 7.86. The average Bonchev–Trinajstić information content (AvgIpc) is 2.47. The predicted molar refractivity (Wildman–Crippen MR) is 82.2 cm³/mol. The normalized spacial score (nSPS) is 16.1. The van der Waals surface area contributed by atoms with Crippen molar-refractivity contribution in [2.75, 3.05) is 26.4 Å². The molecule has 0 spiro atoms. The van der Waals surface area contributed by atoms with E-state index in [-0.39, 0.29) is 0 Å². The summed E-state index contributed by atoms with van der Waals surface area (Å²) in [5, 5.41) is 0. The summed E-state index contributed by atoms with van der Waals surface area (Å²) < 4.78 is 17.9. The molecule has 1 aliphatic heterocycles. The number of nitrogens with two attached hydrogens (primary N) is 1. The first-order valence-electron chi connectivity index (χ1n) is 7.10. The Hall–Kier alpha value is -0.780. The molecule has 1 aromatic carbocycles. The van der Waals surface area contributed by atoms with Crippen molar-refractivity contribution < 1.29 is 14.2 Å². The van der Waals surface area contributed by atoms with Gasteiger partial charge in [-0.1, -0.05) is 0 Å². The van der Waals surface area contributed by atoms with Crippen LogP contribution < -0.4 is 15.2 Å². The van der Waals surface area contributed by atoms with Gasteiger partial charge in [-0.3, -0.25) is 0 Å². The molecule has 0 bridgehead atoms. The smallest absolute Gasteiger partial charge is 0.175 e. The van der Waals surface area contributed by atoms with Crippen LogP contribution in [0.25, 0.3) is 0 Å². The van der Waals surface area contributed by atoms with Crippen LogP contribution in [0, 0.1) is 5.92 Å². The first-order valence-corrected chi connectivity index (χ1v) is 7.89. The van der Waals surface area contributed by atoms with Crippen LogP contribution in [-0.4, -0.2) is 26.4 Å². The zero-order chi connectivity index (χ0) is 14.4. The summed E-state index contributed by atoms with van der Waals surface area (Å²) in [6.07, 6.45) is 2.12. The summed E-state index contributed by atoms with van der Waals surface area (Å²) in [5.41, 5.74) is 6.72. The van der Waals surface area contributed by atoms with Crippen LogP contribution >= 0.6 is 15.9 Å². The van der Waals surface area contributed by atoms with Gasteiger partial charge in [0.25, 0.3) is 0 Å². The Morgan fingerprint density at radius 1 is 1.30 bits per heavy atom. The molecule has 0 aliphatic carbocycles. The molecule has 0 unspecified atom stereocenters. The standard InChI is InChI=1S/C15H22BrNO3/c1-2-19-14-8-12(9-17)7-13(16)15(14)20-10-11-3-5-18-6-4-11/h7-8,11H,2-6,9-10,17H2,1H3. The SMILES string of the molecule is CCOc1cc(CN)cc(Br)c1OCC1CCOCC1. The van der Waals surface area contributed by atoms with E-state index in [1.807, 2.05) is 19.1 Å². The Morgan fingerprint density at radius 2 is 2.05 bits per heavy atom. The third-order valence-corrected chi connectivity index (χ3v) is 4.00. The Balaban J connectivity index is 2.08. The molecule has 0 atom stereocenters. The molecule has 1 aliphatic rings. The van der Waals surface area contributed by atoms with Gasteiger partial charge in [0.15, 0.2) is 11.5 Å². The second-order valence-electron chi connectivity index (χ2n) is 4.91. The van der Waals surface area contributed by atoms with Gasteiger partial charge in [-0.25, -0.2) is 0 Å². The fourth-order valence-corrected chi connectivity index (χ4v) is 2.86. The van der Waals surface area contributed by atoms with Crippen LogP contribution in [0.3, 0.4) is 0 Å². The van der Waals surface area contributed by atoms with Gasteiger partial charge in [0, 0.05) is 19.8 Å². The lowest BCUT2D eigenvalue weighted by Gasteiger charge is -2.23. The molecule has 0 radical (unpaired) electrons. The van der Waals surface area contributed by atoms with E-state index < -0.39 is 0 Å². The van der Waals surface area contributed by atoms with Crippen LogP contribution in [-0.2, 0) is 11.3 Å². The molecule has 1 heterocycles. The minimum Gasteiger partial charge on any atom is -0.490 e. The maximum atomic E-state index is 5.99. The summed E-state index contributed by atoms with van der Waals surface area (Å²) in [5.74, 6) is 2.09. The summed E-state index contributed by atoms with van der Waals surface area (Å²) in [4.78, 5) is 0. The maximum absolute atomic E-state index is 5.99. The van der Waals surface area contributed by atoms with E-state index in [1.54, 1.807) is 0 Å². The zero-order valence-electron chi connectivity index (χ0n) is 11.9. The fraction of sp³-hybridized carbons (Fsp3) is 0.600. The van der Waals surface area contributed by atoms with Crippen molar-refractivity contribution in [1.82, 2.24) is 0 Å². The van der Waals surface area contributed by atoms with Crippen LogP contribution in [0.2, 0.25) is 0 Å². The average molecular weight is 344 g/mol. The molecule has 0 amide bonds. The van der Waals surface area contributed by atoms with E-state index in [2.05, 4.69) is 15.9 Å². The van der Waals surface area contributed by atoms with Crippen molar-refractivity contribution in [1.29, 1.82) is 0 Å². The van der Waals surface area contributed by atoms with E-state index >= 15 is 0 Å². The van der Waals surface area contributed by atoms with Gasteiger partial charge in [-0.05, 0) is 59.3 Å². The van der Waals surface area contributed by atoms with Crippen molar-refractivity contribution in [2.45, 2.75) is 26.3 Å². The van der Waals surface area contributed by atoms with Crippen LogP contribution in [0.4, 0.5) is 0 Å². The first-order chi connectivity index (χ1) is 9.74. The molecule has 0 aromatic heterocycles. The van der Waals surface area contributed by atoms with E-state index in [9.17, 15) is 0 Å². The maximum Gasteiger partial charge on any atom is 0.175 e. The number of benzene rings is 1. The molecular weight excluding hydrogens is 322 g/mol. The lowest BCUT2D eigenvalue weighted by Crippen LogP contribution is -2.21. The Kier molecular flexibility index (Phi) is 6.13.